The monoisotopic (exact) mass is 506 g/mol. The molecule has 0 aliphatic carbocycles. The summed E-state index contributed by atoms with van der Waals surface area (Å²) in [5.41, 5.74) is -0.0906. The van der Waals surface area contributed by atoms with Crippen LogP contribution in [0.15, 0.2) is 23.6 Å². The molecule has 14 heteroatoms. The third-order valence-corrected chi connectivity index (χ3v) is 5.86. The number of carbonyl (C=O) groups excluding carboxylic acids is 2. The van der Waals surface area contributed by atoms with Gasteiger partial charge in [-0.15, -0.1) is 11.3 Å². The van der Waals surface area contributed by atoms with Crippen molar-refractivity contribution in [1.29, 1.82) is 0 Å². The maximum atomic E-state index is 13.6. The summed E-state index contributed by atoms with van der Waals surface area (Å²) in [6, 6.07) is 0.515. The van der Waals surface area contributed by atoms with Crippen molar-refractivity contribution >= 4 is 38.3 Å². The fourth-order valence-electron chi connectivity index (χ4n) is 3.01. The van der Waals surface area contributed by atoms with Crippen LogP contribution in [0.25, 0.3) is 0 Å². The number of aliphatic hydroxyl groups is 2. The van der Waals surface area contributed by atoms with E-state index in [1.165, 1.54) is 19.2 Å². The van der Waals surface area contributed by atoms with E-state index in [1.54, 1.807) is 0 Å². The molecule has 0 bridgehead atoms. The smallest absolute Gasteiger partial charge is 0.271 e. The largest absolute Gasteiger partial charge is 0.388 e. The second-order valence-corrected chi connectivity index (χ2v) is 10.1. The minimum Gasteiger partial charge on any atom is -0.388 e. The van der Waals surface area contributed by atoms with Crippen LogP contribution in [-0.4, -0.2) is 66.0 Å². The van der Waals surface area contributed by atoms with E-state index in [0.29, 0.717) is 6.07 Å². The van der Waals surface area contributed by atoms with Crippen molar-refractivity contribution in [2.24, 2.45) is 0 Å². The lowest BCUT2D eigenvalue weighted by Crippen LogP contribution is -2.55. The summed E-state index contributed by atoms with van der Waals surface area (Å²) >= 11 is 0.845. The highest BCUT2D eigenvalue weighted by molar-refractivity contribution is 7.92. The maximum absolute atomic E-state index is 13.6. The molecule has 0 unspecified atom stereocenters. The van der Waals surface area contributed by atoms with E-state index in [0.717, 1.165) is 29.7 Å². The van der Waals surface area contributed by atoms with Crippen LogP contribution in [0.5, 0.6) is 0 Å². The zero-order chi connectivity index (χ0) is 24.9. The Kier molecular flexibility index (Phi) is 8.82. The van der Waals surface area contributed by atoms with E-state index in [4.69, 9.17) is 0 Å². The fraction of sp³-hybridized carbons (Fsp3) is 0.421. The van der Waals surface area contributed by atoms with Gasteiger partial charge in [-0.1, -0.05) is 0 Å². The number of anilines is 1. The highest BCUT2D eigenvalue weighted by Crippen LogP contribution is 2.18. The summed E-state index contributed by atoms with van der Waals surface area (Å²) < 4.78 is 52.0. The van der Waals surface area contributed by atoms with Crippen molar-refractivity contribution in [2.45, 2.75) is 44.6 Å². The Morgan fingerprint density at radius 2 is 1.73 bits per heavy atom. The number of carbonyl (C=O) groups is 2. The highest BCUT2D eigenvalue weighted by Gasteiger charge is 2.32. The Morgan fingerprint density at radius 3 is 2.27 bits per heavy atom. The summed E-state index contributed by atoms with van der Waals surface area (Å²) in [6.45, 7) is 2.65. The van der Waals surface area contributed by atoms with Gasteiger partial charge in [0.05, 0.1) is 18.3 Å². The summed E-state index contributed by atoms with van der Waals surface area (Å²) in [7, 11) is -3.62. The Balaban J connectivity index is 2.27. The zero-order valence-electron chi connectivity index (χ0n) is 17.9. The molecule has 0 saturated heterocycles. The molecule has 0 aliphatic heterocycles. The number of aliphatic hydroxyl groups excluding tert-OH is 2. The number of nitrogens with zero attached hydrogens (tertiary/aromatic N) is 1. The van der Waals surface area contributed by atoms with Gasteiger partial charge in [-0.05, 0) is 31.0 Å². The number of benzene rings is 1. The lowest BCUT2D eigenvalue weighted by Gasteiger charge is -2.31. The van der Waals surface area contributed by atoms with Crippen LogP contribution < -0.4 is 15.4 Å². The van der Waals surface area contributed by atoms with Gasteiger partial charge in [0, 0.05) is 18.4 Å². The first-order chi connectivity index (χ1) is 15.2. The predicted molar refractivity (Wildman–Crippen MR) is 117 cm³/mol. The van der Waals surface area contributed by atoms with Gasteiger partial charge in [0.15, 0.2) is 5.13 Å². The molecular weight excluding hydrogens is 482 g/mol. The first-order valence-corrected chi connectivity index (χ1v) is 12.3. The van der Waals surface area contributed by atoms with Crippen LogP contribution >= 0.6 is 11.3 Å². The van der Waals surface area contributed by atoms with Crippen molar-refractivity contribution in [3.05, 3.63) is 46.5 Å². The van der Waals surface area contributed by atoms with E-state index in [9.17, 15) is 37.0 Å². The topological polar surface area (TPSA) is 158 Å². The van der Waals surface area contributed by atoms with Gasteiger partial charge in [0.2, 0.25) is 15.9 Å². The van der Waals surface area contributed by atoms with Crippen LogP contribution in [0, 0.1) is 11.6 Å². The molecule has 33 heavy (non-hydrogen) atoms. The number of thiazole rings is 1. The molecular formula is C19H24F2N4O6S2. The van der Waals surface area contributed by atoms with Crippen LogP contribution in [0.1, 0.15) is 29.9 Å². The van der Waals surface area contributed by atoms with Gasteiger partial charge in [-0.2, -0.15) is 0 Å². The van der Waals surface area contributed by atoms with Crippen molar-refractivity contribution in [3.63, 3.8) is 0 Å². The van der Waals surface area contributed by atoms with Crippen LogP contribution in [0.2, 0.25) is 0 Å². The molecule has 10 nitrogen and oxygen atoms in total. The van der Waals surface area contributed by atoms with Gasteiger partial charge in [-0.25, -0.2) is 22.2 Å². The third kappa shape index (κ3) is 8.31. The van der Waals surface area contributed by atoms with Gasteiger partial charge in [0.1, 0.15) is 29.5 Å². The minimum atomic E-state index is -3.62. The number of aromatic nitrogens is 1. The van der Waals surface area contributed by atoms with Gasteiger partial charge in [-0.3, -0.25) is 14.3 Å². The molecule has 0 spiro atoms. The Hall–Kier alpha value is -2.68. The normalized spacial score (nSPS) is 15.2. The molecule has 2 rings (SSSR count). The molecule has 0 radical (unpaired) electrons. The lowest BCUT2D eigenvalue weighted by molar-refractivity contribution is -0.121. The average Bonchev–Trinajstić information content (AvgIpc) is 3.11. The number of sulfonamides is 1. The Morgan fingerprint density at radius 1 is 1.12 bits per heavy atom. The molecule has 0 fully saturated rings. The molecule has 0 aliphatic rings. The standard InChI is InChI=1S/C19H24F2N4O6S2/c1-9(22-10(2)26)16(27)17(28)14(6-11-4-12(20)7-13(21)5-11)23-18(29)15-8-32-19(24-15)25-33(3,30)31/h4-5,7-9,14,16-17,27-28H,6H2,1-3H3,(H,22,26)(H,23,29)(H,24,25)/t9-,14+,16-,17-/m1/s1. The van der Waals surface area contributed by atoms with E-state index in [-0.39, 0.29) is 22.8 Å². The van der Waals surface area contributed by atoms with Crippen molar-refractivity contribution in [1.82, 2.24) is 15.6 Å². The lowest BCUT2D eigenvalue weighted by atomic mass is 9.94. The van der Waals surface area contributed by atoms with E-state index >= 15 is 0 Å². The van der Waals surface area contributed by atoms with Gasteiger partial charge >= 0.3 is 0 Å². The molecule has 1 heterocycles. The summed E-state index contributed by atoms with van der Waals surface area (Å²) in [5.74, 6) is -3.02. The van der Waals surface area contributed by atoms with E-state index in [1.807, 2.05) is 0 Å². The molecule has 0 saturated carbocycles. The summed E-state index contributed by atoms with van der Waals surface area (Å²) in [5, 5.41) is 27.2. The maximum Gasteiger partial charge on any atom is 0.271 e. The molecule has 2 amide bonds. The van der Waals surface area contributed by atoms with Crippen LogP contribution in [-0.2, 0) is 21.2 Å². The number of amides is 2. The van der Waals surface area contributed by atoms with Crippen molar-refractivity contribution in [2.75, 3.05) is 11.0 Å². The third-order valence-electron chi connectivity index (χ3n) is 4.41. The van der Waals surface area contributed by atoms with Gasteiger partial charge < -0.3 is 20.8 Å². The second kappa shape index (κ2) is 11.0. The van der Waals surface area contributed by atoms with Gasteiger partial charge in [0.25, 0.3) is 5.91 Å². The number of nitrogens with one attached hydrogen (secondary N) is 3. The quantitative estimate of drug-likeness (QED) is 0.312. The molecule has 2 aromatic rings. The molecule has 4 atom stereocenters. The van der Waals surface area contributed by atoms with Crippen LogP contribution in [0.4, 0.5) is 13.9 Å². The minimum absolute atomic E-state index is 0.0636. The molecule has 182 valence electrons. The first kappa shape index (κ1) is 26.6. The number of rotatable bonds is 10. The van der Waals surface area contributed by atoms with E-state index < -0.39 is 57.8 Å². The molecule has 1 aromatic carbocycles. The Labute approximate surface area is 193 Å². The predicted octanol–water partition coefficient (Wildman–Crippen LogP) is 0.380. The Bertz CT molecular complexity index is 1090. The second-order valence-electron chi connectivity index (χ2n) is 7.44. The fourth-order valence-corrected chi connectivity index (χ4v) is 4.55. The van der Waals surface area contributed by atoms with E-state index in [2.05, 4.69) is 20.3 Å². The summed E-state index contributed by atoms with van der Waals surface area (Å²) in [4.78, 5) is 27.8. The highest BCUT2D eigenvalue weighted by atomic mass is 32.2. The SMILES string of the molecule is CC(=O)N[C@H](C)[C@@H](O)[C@H](O)[C@H](Cc1cc(F)cc(F)c1)NC(=O)c1csc(NS(C)(=O)=O)n1. The average molecular weight is 507 g/mol. The van der Waals surface area contributed by atoms with Crippen molar-refractivity contribution < 1.29 is 37.0 Å². The molecule has 1 aromatic heterocycles. The number of halogens is 2. The summed E-state index contributed by atoms with van der Waals surface area (Å²) in [6.07, 6.45) is -2.56. The first-order valence-electron chi connectivity index (χ1n) is 9.57. The zero-order valence-corrected chi connectivity index (χ0v) is 19.5. The molecule has 5 N–H and O–H groups in total. The van der Waals surface area contributed by atoms with Crippen LogP contribution in [0.3, 0.4) is 0 Å². The number of hydrogen-bond acceptors (Lipinski definition) is 8. The van der Waals surface area contributed by atoms with Crippen molar-refractivity contribution in [3.8, 4) is 0 Å². The number of hydrogen-bond donors (Lipinski definition) is 5.